The number of aromatic nitrogens is 1. The van der Waals surface area contributed by atoms with E-state index >= 15 is 0 Å². The van der Waals surface area contributed by atoms with Gasteiger partial charge in [0.1, 0.15) is 0 Å². The Morgan fingerprint density at radius 2 is 1.84 bits per heavy atom. The monoisotopic (exact) mass is 463 g/mol. The largest absolute Gasteiger partial charge is 0.338 e. The molecule has 0 spiro atoms. The average Bonchev–Trinajstić information content (AvgIpc) is 3.13. The highest BCUT2D eigenvalue weighted by atomic mass is 35.5. The number of benzene rings is 1. The van der Waals surface area contributed by atoms with Crippen molar-refractivity contribution in [3.8, 4) is 0 Å². The van der Waals surface area contributed by atoms with Crippen molar-refractivity contribution < 1.29 is 0 Å². The van der Waals surface area contributed by atoms with Crippen molar-refractivity contribution in [1.82, 2.24) is 9.47 Å². The van der Waals surface area contributed by atoms with Gasteiger partial charge in [-0.3, -0.25) is 4.90 Å². The van der Waals surface area contributed by atoms with E-state index in [1.165, 1.54) is 88.2 Å². The Kier molecular flexibility index (Phi) is 6.72. The van der Waals surface area contributed by atoms with E-state index in [1.54, 1.807) is 11.3 Å². The molecule has 31 heavy (non-hydrogen) atoms. The molecule has 4 aliphatic rings. The van der Waals surface area contributed by atoms with E-state index in [1.807, 2.05) is 0 Å². The summed E-state index contributed by atoms with van der Waals surface area (Å²) in [5, 5.41) is 1.51. The lowest BCUT2D eigenvalue weighted by Gasteiger charge is -2.58. The lowest BCUT2D eigenvalue weighted by molar-refractivity contribution is -0.0418. The van der Waals surface area contributed by atoms with Crippen LogP contribution in [-0.4, -0.2) is 28.6 Å². The zero-order valence-corrected chi connectivity index (χ0v) is 20.5. The second-order valence-corrected chi connectivity index (χ2v) is 10.5. The Morgan fingerprint density at radius 3 is 2.61 bits per heavy atom. The molecular weight excluding hydrogens is 425 g/mol. The summed E-state index contributed by atoms with van der Waals surface area (Å²) in [6.07, 6.45) is 13.4. The van der Waals surface area contributed by atoms with Gasteiger partial charge in [0.15, 0.2) is 0 Å². The van der Waals surface area contributed by atoms with E-state index in [0.717, 1.165) is 0 Å². The van der Waals surface area contributed by atoms with Crippen molar-refractivity contribution >= 4 is 35.7 Å². The summed E-state index contributed by atoms with van der Waals surface area (Å²) in [5.74, 6) is 0.708. The molecule has 172 valence electrons. The number of halogens is 2. The molecule has 1 saturated carbocycles. The minimum absolute atomic E-state index is 0. The maximum Gasteiger partial charge on any atom is 0.0561 e. The molecule has 2 aromatic rings. The summed E-state index contributed by atoms with van der Waals surface area (Å²) in [5.41, 5.74) is 12.4. The molecule has 5 heteroatoms. The molecule has 0 radical (unpaired) electrons. The fourth-order valence-corrected chi connectivity index (χ4v) is 7.89. The minimum atomic E-state index is 0. The lowest BCUT2D eigenvalue weighted by atomic mass is 9.61. The van der Waals surface area contributed by atoms with Crippen molar-refractivity contribution in [3.63, 3.8) is 0 Å². The molecule has 0 amide bonds. The summed E-state index contributed by atoms with van der Waals surface area (Å²) < 4.78 is 2.78. The van der Waals surface area contributed by atoms with Gasteiger partial charge in [0.2, 0.25) is 0 Å². The number of piperidine rings is 1. The zero-order valence-electron chi connectivity index (χ0n) is 18.9. The van der Waals surface area contributed by atoms with E-state index < -0.39 is 0 Å². The van der Waals surface area contributed by atoms with Crippen molar-refractivity contribution in [1.29, 1.82) is 0 Å². The summed E-state index contributed by atoms with van der Waals surface area (Å²) in [7, 11) is 0. The summed E-state index contributed by atoms with van der Waals surface area (Å²) in [6.45, 7) is 4.98. The minimum Gasteiger partial charge on any atom is -0.338 e. The molecule has 3 nitrogen and oxygen atoms in total. The van der Waals surface area contributed by atoms with Crippen LogP contribution in [0.2, 0.25) is 0 Å². The first kappa shape index (κ1) is 23.4. The number of hydrogen-bond acceptors (Lipinski definition) is 2. The highest BCUT2D eigenvalue weighted by Gasteiger charge is 2.54. The van der Waals surface area contributed by atoms with Gasteiger partial charge in [0.25, 0.3) is 0 Å². The predicted molar refractivity (Wildman–Crippen MR) is 135 cm³/mol. The normalized spacial score (nSPS) is 31.4. The molecular formula is C26H39Cl2N3. The maximum atomic E-state index is 7.19. The average molecular weight is 465 g/mol. The Labute approximate surface area is 199 Å². The standard InChI is InChI=1S/C26H37N3.2ClH/c1-2-26-14-8-15-28-16-13-20-19-11-6-7-12-21(19)29(24(20)25(26)28)22(17-26)23(27)18-9-4-3-5-10-18;;/h6-7,11-12,18,22-23,25H,2-5,8-10,13-17,27H2,1H3;2*1H/t22?,23?,25-,26+;;/m1../s1. The van der Waals surface area contributed by atoms with Crippen molar-refractivity contribution in [2.24, 2.45) is 17.1 Å². The van der Waals surface area contributed by atoms with E-state index in [0.29, 0.717) is 29.5 Å². The number of hydrogen-bond donors (Lipinski definition) is 1. The van der Waals surface area contributed by atoms with E-state index in [9.17, 15) is 0 Å². The van der Waals surface area contributed by atoms with Gasteiger partial charge in [-0.1, -0.05) is 44.4 Å². The third kappa shape index (κ3) is 3.38. The molecule has 2 unspecified atom stereocenters. The predicted octanol–water partition coefficient (Wildman–Crippen LogP) is 6.43. The van der Waals surface area contributed by atoms with Crippen LogP contribution < -0.4 is 5.73 Å². The summed E-state index contributed by atoms with van der Waals surface area (Å²) >= 11 is 0. The fraction of sp³-hybridized carbons (Fsp3) is 0.692. The van der Waals surface area contributed by atoms with Crippen LogP contribution in [0.15, 0.2) is 24.3 Å². The molecule has 3 aliphatic heterocycles. The Bertz CT molecular complexity index is 919. The Hall–Kier alpha value is -0.740. The molecule has 4 heterocycles. The summed E-state index contributed by atoms with van der Waals surface area (Å²) in [4.78, 5) is 2.84. The molecule has 1 saturated heterocycles. The van der Waals surface area contributed by atoms with Crippen molar-refractivity contribution in [2.45, 2.75) is 89.3 Å². The van der Waals surface area contributed by atoms with Crippen LogP contribution in [0.1, 0.15) is 88.1 Å². The third-order valence-corrected chi connectivity index (χ3v) is 9.32. The van der Waals surface area contributed by atoms with Crippen LogP contribution in [0.4, 0.5) is 0 Å². The maximum absolute atomic E-state index is 7.19. The van der Waals surface area contributed by atoms with Gasteiger partial charge in [0, 0.05) is 35.2 Å². The number of rotatable bonds is 3. The zero-order chi connectivity index (χ0) is 19.6. The quantitative estimate of drug-likeness (QED) is 0.568. The van der Waals surface area contributed by atoms with Gasteiger partial charge >= 0.3 is 0 Å². The molecule has 0 bridgehead atoms. The van der Waals surface area contributed by atoms with Crippen LogP contribution in [0.5, 0.6) is 0 Å². The number of nitrogens with two attached hydrogens (primary N) is 1. The Morgan fingerprint density at radius 1 is 1.06 bits per heavy atom. The molecule has 6 rings (SSSR count). The van der Waals surface area contributed by atoms with Crippen LogP contribution in [-0.2, 0) is 6.42 Å². The number of fused-ring (bicyclic) bond motifs is 3. The lowest BCUT2D eigenvalue weighted by Crippen LogP contribution is -2.55. The first-order valence-electron chi connectivity index (χ1n) is 12.3. The highest BCUT2D eigenvalue weighted by molar-refractivity contribution is 5.86. The fourth-order valence-electron chi connectivity index (χ4n) is 7.89. The van der Waals surface area contributed by atoms with E-state index in [2.05, 4.69) is 40.7 Å². The van der Waals surface area contributed by atoms with Gasteiger partial charge < -0.3 is 10.3 Å². The van der Waals surface area contributed by atoms with Crippen molar-refractivity contribution in [3.05, 3.63) is 35.5 Å². The first-order chi connectivity index (χ1) is 14.2. The van der Waals surface area contributed by atoms with Crippen LogP contribution >= 0.6 is 24.8 Å². The molecule has 4 atom stereocenters. The summed E-state index contributed by atoms with van der Waals surface area (Å²) in [6, 6.07) is 10.6. The second-order valence-electron chi connectivity index (χ2n) is 10.5. The van der Waals surface area contributed by atoms with Crippen molar-refractivity contribution in [2.75, 3.05) is 13.1 Å². The Balaban J connectivity index is 0.00000116. The van der Waals surface area contributed by atoms with Crippen LogP contribution in [0.3, 0.4) is 0 Å². The van der Waals surface area contributed by atoms with Crippen LogP contribution in [0.25, 0.3) is 10.9 Å². The highest BCUT2D eigenvalue weighted by Crippen LogP contribution is 2.60. The van der Waals surface area contributed by atoms with Crippen LogP contribution in [0, 0.1) is 11.3 Å². The molecule has 1 aromatic heterocycles. The smallest absolute Gasteiger partial charge is 0.0561 e. The van der Waals surface area contributed by atoms with Gasteiger partial charge in [-0.05, 0) is 74.5 Å². The molecule has 2 fully saturated rings. The third-order valence-electron chi connectivity index (χ3n) is 9.32. The molecule has 1 aliphatic carbocycles. The first-order valence-corrected chi connectivity index (χ1v) is 12.3. The van der Waals surface area contributed by atoms with Gasteiger partial charge in [-0.2, -0.15) is 0 Å². The van der Waals surface area contributed by atoms with Gasteiger partial charge in [-0.25, -0.2) is 0 Å². The van der Waals surface area contributed by atoms with Gasteiger partial charge in [-0.15, -0.1) is 24.8 Å². The number of para-hydroxylation sites is 1. The molecule has 2 N–H and O–H groups in total. The topological polar surface area (TPSA) is 34.2 Å². The number of nitrogens with zero attached hydrogens (tertiary/aromatic N) is 2. The SMILES string of the molecule is CC[C@]12CCCN3CCc4c(n(c5ccccc45)C(C(N)C4CCCCC4)C1)[C@@H]32.Cl.Cl. The van der Waals surface area contributed by atoms with E-state index in [-0.39, 0.29) is 24.8 Å². The van der Waals surface area contributed by atoms with Gasteiger partial charge in [0.05, 0.1) is 6.04 Å². The second kappa shape index (κ2) is 8.89. The van der Waals surface area contributed by atoms with E-state index in [4.69, 9.17) is 5.73 Å². The molecule has 1 aromatic carbocycles.